The van der Waals surface area contributed by atoms with Crippen LogP contribution >= 0.6 is 0 Å². The van der Waals surface area contributed by atoms with Gasteiger partial charge in [0.05, 0.1) is 22.2 Å². The molecule has 0 unspecified atom stereocenters. The highest BCUT2D eigenvalue weighted by Gasteiger charge is 2.22. The lowest BCUT2D eigenvalue weighted by molar-refractivity contribution is 0.0699. The third-order valence-corrected chi connectivity index (χ3v) is 5.62. The van der Waals surface area contributed by atoms with E-state index in [-0.39, 0.29) is 33.2 Å². The highest BCUT2D eigenvalue weighted by atomic mass is 19.1. The number of aryl methyl sites for hydroxylation is 1. The number of hydrogen-bond donors (Lipinski definition) is 1. The molecule has 0 fully saturated rings. The number of hydrogen-bond acceptors (Lipinski definition) is 4. The number of carboxylic acid groups (broad SMARTS) is 1. The first-order valence-corrected chi connectivity index (χ1v) is 9.89. The van der Waals surface area contributed by atoms with Crippen LogP contribution in [0, 0.1) is 31.4 Å². The number of rotatable bonds is 3. The third kappa shape index (κ3) is 3.12. The molecule has 5 rings (SSSR count). The van der Waals surface area contributed by atoms with Gasteiger partial charge in [-0.15, -0.1) is 0 Å². The molecule has 0 radical (unpaired) electrons. The summed E-state index contributed by atoms with van der Waals surface area (Å²) in [6.45, 7) is 3.17. The molecule has 3 aromatic heterocycles. The van der Waals surface area contributed by atoms with Gasteiger partial charge in [0.1, 0.15) is 28.5 Å². The fraction of sp³-hybridized carbons (Fsp3) is 0.0833. The van der Waals surface area contributed by atoms with Gasteiger partial charge < -0.3 is 5.11 Å². The standard InChI is InChI=1S/C24H15F3N4O2/c1-11-14(5-7-29-23(11)27)13-9-15(24(32)33)21-19(10-13)31(12(2)30-21)18-6-8-28-22-17(26)4-3-16(25)20(18)22/h3-10H,1-2H3,(H,32,33). The quantitative estimate of drug-likeness (QED) is 0.376. The monoisotopic (exact) mass is 448 g/mol. The maximum atomic E-state index is 14.8. The van der Waals surface area contributed by atoms with Gasteiger partial charge in [0.25, 0.3) is 0 Å². The summed E-state index contributed by atoms with van der Waals surface area (Å²) < 4.78 is 44.8. The van der Waals surface area contributed by atoms with Crippen LogP contribution in [0.2, 0.25) is 0 Å². The summed E-state index contributed by atoms with van der Waals surface area (Å²) >= 11 is 0. The zero-order chi connectivity index (χ0) is 23.4. The third-order valence-electron chi connectivity index (χ3n) is 5.62. The van der Waals surface area contributed by atoms with Gasteiger partial charge in [-0.1, -0.05) is 0 Å². The number of fused-ring (bicyclic) bond motifs is 2. The molecular weight excluding hydrogens is 433 g/mol. The van der Waals surface area contributed by atoms with E-state index in [1.54, 1.807) is 30.5 Å². The minimum Gasteiger partial charge on any atom is -0.478 e. The Kier molecular flexibility index (Phi) is 4.63. The number of imidazole rings is 1. The van der Waals surface area contributed by atoms with Crippen molar-refractivity contribution >= 4 is 27.9 Å². The van der Waals surface area contributed by atoms with Gasteiger partial charge in [0, 0.05) is 18.0 Å². The van der Waals surface area contributed by atoms with Gasteiger partial charge in [-0.2, -0.15) is 4.39 Å². The molecule has 0 atom stereocenters. The second-order valence-corrected chi connectivity index (χ2v) is 7.55. The lowest BCUT2D eigenvalue weighted by Gasteiger charge is -2.13. The number of carboxylic acids is 1. The Morgan fingerprint density at radius 1 is 0.939 bits per heavy atom. The van der Waals surface area contributed by atoms with Crippen LogP contribution in [0.1, 0.15) is 21.7 Å². The number of benzene rings is 2. The van der Waals surface area contributed by atoms with Crippen LogP contribution in [-0.4, -0.2) is 30.6 Å². The molecule has 1 N–H and O–H groups in total. The van der Waals surface area contributed by atoms with E-state index in [4.69, 9.17) is 0 Å². The van der Waals surface area contributed by atoms with E-state index in [1.165, 1.54) is 24.5 Å². The van der Waals surface area contributed by atoms with Gasteiger partial charge in [0.15, 0.2) is 0 Å². The Labute approximate surface area is 185 Å². The second-order valence-electron chi connectivity index (χ2n) is 7.55. The molecule has 5 aromatic rings. The van der Waals surface area contributed by atoms with E-state index in [0.717, 1.165) is 12.1 Å². The van der Waals surface area contributed by atoms with Crippen molar-refractivity contribution in [3.63, 3.8) is 0 Å². The second kappa shape index (κ2) is 7.40. The molecule has 0 aliphatic heterocycles. The van der Waals surface area contributed by atoms with Gasteiger partial charge in [0.2, 0.25) is 5.95 Å². The normalized spacial score (nSPS) is 11.4. The Hall–Kier alpha value is -4.27. The Bertz CT molecular complexity index is 1610. The first-order valence-electron chi connectivity index (χ1n) is 9.89. The number of nitrogens with zero attached hydrogens (tertiary/aromatic N) is 4. The van der Waals surface area contributed by atoms with E-state index >= 15 is 0 Å². The fourth-order valence-corrected chi connectivity index (χ4v) is 4.10. The Morgan fingerprint density at radius 2 is 1.67 bits per heavy atom. The van der Waals surface area contributed by atoms with Crippen molar-refractivity contribution in [1.29, 1.82) is 0 Å². The number of carbonyl (C=O) groups is 1. The molecule has 2 aromatic carbocycles. The van der Waals surface area contributed by atoms with Crippen LogP contribution in [0.15, 0.2) is 48.8 Å². The lowest BCUT2D eigenvalue weighted by Crippen LogP contribution is -2.03. The number of aromatic carboxylic acids is 1. The van der Waals surface area contributed by atoms with Gasteiger partial charge in [-0.05, 0) is 61.4 Å². The summed E-state index contributed by atoms with van der Waals surface area (Å²) in [5, 5.41) is 9.78. The van der Waals surface area contributed by atoms with Crippen LogP contribution in [0.3, 0.4) is 0 Å². The minimum absolute atomic E-state index is 0.0617. The lowest BCUT2D eigenvalue weighted by atomic mass is 9.99. The fourth-order valence-electron chi connectivity index (χ4n) is 4.10. The van der Waals surface area contributed by atoms with E-state index in [1.807, 2.05) is 0 Å². The van der Waals surface area contributed by atoms with Crippen molar-refractivity contribution in [2.24, 2.45) is 0 Å². The summed E-state index contributed by atoms with van der Waals surface area (Å²) in [6, 6.07) is 8.14. The van der Waals surface area contributed by atoms with E-state index < -0.39 is 23.6 Å². The molecule has 33 heavy (non-hydrogen) atoms. The number of pyridine rings is 2. The van der Waals surface area contributed by atoms with Crippen molar-refractivity contribution < 1.29 is 23.1 Å². The molecule has 0 aliphatic rings. The number of halogens is 3. The molecule has 6 nitrogen and oxygen atoms in total. The smallest absolute Gasteiger partial charge is 0.337 e. The summed E-state index contributed by atoms with van der Waals surface area (Å²) in [4.78, 5) is 24.1. The molecule has 0 aliphatic carbocycles. The largest absolute Gasteiger partial charge is 0.478 e. The van der Waals surface area contributed by atoms with Gasteiger partial charge in [-0.3, -0.25) is 9.55 Å². The van der Waals surface area contributed by atoms with Crippen molar-refractivity contribution in [3.8, 4) is 16.8 Å². The SMILES string of the molecule is Cc1c(-c2cc(C(=O)O)c3nc(C)n(-c4ccnc5c(F)ccc(F)c45)c3c2)ccnc1F. The van der Waals surface area contributed by atoms with E-state index in [0.29, 0.717) is 22.5 Å². The van der Waals surface area contributed by atoms with Crippen molar-refractivity contribution in [3.05, 3.63) is 83.3 Å². The molecule has 0 saturated carbocycles. The Balaban J connectivity index is 1.92. The summed E-state index contributed by atoms with van der Waals surface area (Å²) in [6.07, 6.45) is 2.63. The molecule has 3 heterocycles. The van der Waals surface area contributed by atoms with E-state index in [9.17, 15) is 23.1 Å². The average Bonchev–Trinajstić information content (AvgIpc) is 3.12. The maximum Gasteiger partial charge on any atom is 0.337 e. The average molecular weight is 448 g/mol. The number of aromatic nitrogens is 4. The first kappa shape index (κ1) is 20.6. The summed E-state index contributed by atoms with van der Waals surface area (Å²) in [5.74, 6) is -2.91. The molecule has 0 amide bonds. The molecular formula is C24H15F3N4O2. The highest BCUT2D eigenvalue weighted by Crippen LogP contribution is 2.34. The zero-order valence-corrected chi connectivity index (χ0v) is 17.4. The van der Waals surface area contributed by atoms with Gasteiger partial charge in [-0.25, -0.2) is 23.5 Å². The molecule has 9 heteroatoms. The van der Waals surface area contributed by atoms with Crippen LogP contribution in [-0.2, 0) is 0 Å². The molecule has 0 bridgehead atoms. The molecule has 0 spiro atoms. The predicted octanol–water partition coefficient (Wildman–Crippen LogP) is 5.37. The van der Waals surface area contributed by atoms with Crippen LogP contribution < -0.4 is 0 Å². The molecule has 0 saturated heterocycles. The summed E-state index contributed by atoms with van der Waals surface area (Å²) in [5.41, 5.74) is 1.62. The van der Waals surface area contributed by atoms with Crippen LogP contribution in [0.25, 0.3) is 38.8 Å². The van der Waals surface area contributed by atoms with Crippen LogP contribution in [0.4, 0.5) is 13.2 Å². The van der Waals surface area contributed by atoms with Crippen LogP contribution in [0.5, 0.6) is 0 Å². The Morgan fingerprint density at radius 3 is 2.42 bits per heavy atom. The highest BCUT2D eigenvalue weighted by molar-refractivity contribution is 6.04. The predicted molar refractivity (Wildman–Crippen MR) is 116 cm³/mol. The van der Waals surface area contributed by atoms with Crippen molar-refractivity contribution in [2.75, 3.05) is 0 Å². The minimum atomic E-state index is -1.23. The van der Waals surface area contributed by atoms with E-state index in [2.05, 4.69) is 15.0 Å². The maximum absolute atomic E-state index is 14.8. The first-order chi connectivity index (χ1) is 15.8. The van der Waals surface area contributed by atoms with Gasteiger partial charge >= 0.3 is 5.97 Å². The van der Waals surface area contributed by atoms with Crippen molar-refractivity contribution in [2.45, 2.75) is 13.8 Å². The summed E-state index contributed by atoms with van der Waals surface area (Å²) in [7, 11) is 0. The zero-order valence-electron chi connectivity index (χ0n) is 17.4. The molecule has 164 valence electrons. The topological polar surface area (TPSA) is 80.9 Å². The van der Waals surface area contributed by atoms with Crippen molar-refractivity contribution in [1.82, 2.24) is 19.5 Å².